The number of hydrogen-bond donors (Lipinski definition) is 1. The third-order valence-corrected chi connectivity index (χ3v) is 5.99. The molecule has 2 aromatic rings. The summed E-state index contributed by atoms with van der Waals surface area (Å²) in [6, 6.07) is 10.8. The highest BCUT2D eigenvalue weighted by atomic mass is 79.9. The van der Waals surface area contributed by atoms with Crippen LogP contribution in [0.2, 0.25) is 10.0 Å². The smallest absolute Gasteiger partial charge is 0.243 e. The zero-order valence-electron chi connectivity index (χ0n) is 12.5. The number of benzene rings is 2. The van der Waals surface area contributed by atoms with Gasteiger partial charge < -0.3 is 5.32 Å². The number of nitrogens with zero attached hydrogens (tertiary/aromatic N) is 1. The molecule has 24 heavy (non-hydrogen) atoms. The standard InChI is InChI=1S/C15H13BrCl2N2O3S/c1-20(24(22,23)12-5-2-10(16)3-6-12)9-15(21)19-14-7-4-11(17)8-13(14)18/h2-8H,9H2,1H3,(H,19,21). The van der Waals surface area contributed by atoms with E-state index >= 15 is 0 Å². The first-order valence-corrected chi connectivity index (χ1v) is 9.66. The molecule has 9 heteroatoms. The average Bonchev–Trinajstić information content (AvgIpc) is 2.50. The quantitative estimate of drug-likeness (QED) is 0.746. The van der Waals surface area contributed by atoms with E-state index in [4.69, 9.17) is 23.2 Å². The Hall–Kier alpha value is -1.12. The molecule has 0 unspecified atom stereocenters. The molecule has 5 nitrogen and oxygen atoms in total. The average molecular weight is 452 g/mol. The van der Waals surface area contributed by atoms with Crippen LogP contribution >= 0.6 is 39.1 Å². The molecule has 0 fully saturated rings. The van der Waals surface area contributed by atoms with E-state index in [-0.39, 0.29) is 16.5 Å². The second kappa shape index (κ2) is 7.84. The molecule has 0 bridgehead atoms. The van der Waals surface area contributed by atoms with Gasteiger partial charge in [-0.2, -0.15) is 4.31 Å². The summed E-state index contributed by atoms with van der Waals surface area (Å²) in [6.45, 7) is -0.350. The van der Waals surface area contributed by atoms with Crippen LogP contribution in [-0.4, -0.2) is 32.2 Å². The van der Waals surface area contributed by atoms with E-state index in [1.54, 1.807) is 24.3 Å². The molecule has 0 saturated heterocycles. The van der Waals surface area contributed by atoms with Gasteiger partial charge in [0, 0.05) is 16.5 Å². The van der Waals surface area contributed by atoms with Crippen LogP contribution in [0.4, 0.5) is 5.69 Å². The van der Waals surface area contributed by atoms with Crippen molar-refractivity contribution in [3.05, 3.63) is 57.0 Å². The number of hydrogen-bond acceptors (Lipinski definition) is 3. The molecule has 0 aliphatic carbocycles. The van der Waals surface area contributed by atoms with Crippen molar-refractivity contribution in [3.8, 4) is 0 Å². The number of nitrogens with one attached hydrogen (secondary N) is 1. The molecule has 0 radical (unpaired) electrons. The Morgan fingerprint density at radius 3 is 2.38 bits per heavy atom. The summed E-state index contributed by atoms with van der Waals surface area (Å²) >= 11 is 15.0. The van der Waals surface area contributed by atoms with E-state index in [1.165, 1.54) is 25.2 Å². The number of rotatable bonds is 5. The Labute approximate surface area is 158 Å². The van der Waals surface area contributed by atoms with Gasteiger partial charge in [-0.25, -0.2) is 8.42 Å². The first-order chi connectivity index (χ1) is 11.2. The first kappa shape index (κ1) is 19.2. The van der Waals surface area contributed by atoms with E-state index in [9.17, 15) is 13.2 Å². The minimum atomic E-state index is -3.76. The van der Waals surface area contributed by atoms with Crippen molar-refractivity contribution in [2.75, 3.05) is 18.9 Å². The highest BCUT2D eigenvalue weighted by Gasteiger charge is 2.23. The van der Waals surface area contributed by atoms with Gasteiger partial charge in [-0.15, -0.1) is 0 Å². The molecule has 128 valence electrons. The predicted molar refractivity (Wildman–Crippen MR) is 99.0 cm³/mol. The number of amides is 1. The topological polar surface area (TPSA) is 66.5 Å². The lowest BCUT2D eigenvalue weighted by atomic mass is 10.3. The molecular formula is C15H13BrCl2N2O3S. The van der Waals surface area contributed by atoms with E-state index in [1.807, 2.05) is 0 Å². The molecule has 0 atom stereocenters. The van der Waals surface area contributed by atoms with Crippen molar-refractivity contribution in [2.24, 2.45) is 0 Å². The largest absolute Gasteiger partial charge is 0.324 e. The Balaban J connectivity index is 2.09. The van der Waals surface area contributed by atoms with Gasteiger partial charge in [0.25, 0.3) is 0 Å². The van der Waals surface area contributed by atoms with E-state index in [2.05, 4.69) is 21.2 Å². The van der Waals surface area contributed by atoms with Gasteiger partial charge in [0.15, 0.2) is 0 Å². The van der Waals surface area contributed by atoms with Crippen LogP contribution in [0.3, 0.4) is 0 Å². The fourth-order valence-corrected chi connectivity index (χ4v) is 3.70. The SMILES string of the molecule is CN(CC(=O)Nc1ccc(Cl)cc1Cl)S(=O)(=O)c1ccc(Br)cc1. The highest BCUT2D eigenvalue weighted by molar-refractivity contribution is 9.10. The number of anilines is 1. The predicted octanol–water partition coefficient (Wildman–Crippen LogP) is 4.02. The second-order valence-electron chi connectivity index (χ2n) is 4.89. The van der Waals surface area contributed by atoms with Crippen LogP contribution in [0.15, 0.2) is 51.8 Å². The molecule has 1 amide bonds. The fourth-order valence-electron chi connectivity index (χ4n) is 1.85. The molecule has 0 saturated carbocycles. The molecule has 1 N–H and O–H groups in total. The van der Waals surface area contributed by atoms with Crippen molar-refractivity contribution < 1.29 is 13.2 Å². The summed E-state index contributed by atoms with van der Waals surface area (Å²) in [7, 11) is -2.43. The van der Waals surface area contributed by atoms with Gasteiger partial charge in [-0.3, -0.25) is 4.79 Å². The highest BCUT2D eigenvalue weighted by Crippen LogP contribution is 2.25. The fraction of sp³-hybridized carbons (Fsp3) is 0.133. The van der Waals surface area contributed by atoms with Crippen LogP contribution in [-0.2, 0) is 14.8 Å². The normalized spacial score (nSPS) is 11.5. The number of sulfonamides is 1. The second-order valence-corrected chi connectivity index (χ2v) is 8.69. The van der Waals surface area contributed by atoms with Gasteiger partial charge in [0.05, 0.1) is 22.2 Å². The van der Waals surface area contributed by atoms with E-state index in [0.717, 1.165) is 8.78 Å². The molecule has 0 spiro atoms. The van der Waals surface area contributed by atoms with Crippen LogP contribution in [0.25, 0.3) is 0 Å². The van der Waals surface area contributed by atoms with Crippen molar-refractivity contribution in [1.29, 1.82) is 0 Å². The summed E-state index contributed by atoms with van der Waals surface area (Å²) in [4.78, 5) is 12.2. The molecule has 0 aliphatic heterocycles. The summed E-state index contributed by atoms with van der Waals surface area (Å²) in [5, 5.41) is 3.27. The summed E-state index contributed by atoms with van der Waals surface area (Å²) in [5.74, 6) is -0.512. The Morgan fingerprint density at radius 1 is 1.17 bits per heavy atom. The maximum absolute atomic E-state index is 12.4. The first-order valence-electron chi connectivity index (χ1n) is 6.67. The summed E-state index contributed by atoms with van der Waals surface area (Å²) < 4.78 is 26.6. The van der Waals surface area contributed by atoms with Crippen molar-refractivity contribution in [2.45, 2.75) is 4.90 Å². The number of carbonyl (C=O) groups excluding carboxylic acids is 1. The van der Waals surface area contributed by atoms with Crippen molar-refractivity contribution >= 4 is 60.7 Å². The van der Waals surface area contributed by atoms with Gasteiger partial charge in [0.2, 0.25) is 15.9 Å². The molecule has 0 aliphatic rings. The molecule has 0 heterocycles. The Bertz CT molecular complexity index is 858. The van der Waals surface area contributed by atoms with Crippen molar-refractivity contribution in [3.63, 3.8) is 0 Å². The van der Waals surface area contributed by atoms with Crippen LogP contribution in [0.1, 0.15) is 0 Å². The van der Waals surface area contributed by atoms with Gasteiger partial charge in [0.1, 0.15) is 0 Å². The zero-order valence-corrected chi connectivity index (χ0v) is 16.4. The minimum absolute atomic E-state index is 0.102. The zero-order chi connectivity index (χ0) is 17.9. The molecule has 0 aromatic heterocycles. The van der Waals surface area contributed by atoms with Gasteiger partial charge in [-0.05, 0) is 42.5 Å². The van der Waals surface area contributed by atoms with E-state index in [0.29, 0.717) is 10.7 Å². The molecule has 2 aromatic carbocycles. The lowest BCUT2D eigenvalue weighted by molar-refractivity contribution is -0.116. The Kier molecular flexibility index (Phi) is 6.28. The molecule has 2 rings (SSSR count). The number of carbonyl (C=O) groups is 1. The number of halogens is 3. The van der Waals surface area contributed by atoms with Crippen molar-refractivity contribution in [1.82, 2.24) is 4.31 Å². The molecular weight excluding hydrogens is 439 g/mol. The third-order valence-electron chi connectivity index (χ3n) is 3.09. The third kappa shape index (κ3) is 4.70. The van der Waals surface area contributed by atoms with Crippen LogP contribution in [0, 0.1) is 0 Å². The maximum Gasteiger partial charge on any atom is 0.243 e. The van der Waals surface area contributed by atoms with Gasteiger partial charge >= 0.3 is 0 Å². The minimum Gasteiger partial charge on any atom is -0.324 e. The monoisotopic (exact) mass is 450 g/mol. The van der Waals surface area contributed by atoms with Crippen LogP contribution < -0.4 is 5.32 Å². The lowest BCUT2D eigenvalue weighted by Crippen LogP contribution is -2.35. The summed E-state index contributed by atoms with van der Waals surface area (Å²) in [5.41, 5.74) is 0.362. The number of likely N-dealkylation sites (N-methyl/N-ethyl adjacent to an activating group) is 1. The Morgan fingerprint density at radius 2 is 1.79 bits per heavy atom. The van der Waals surface area contributed by atoms with Crippen LogP contribution in [0.5, 0.6) is 0 Å². The van der Waals surface area contributed by atoms with Gasteiger partial charge in [-0.1, -0.05) is 39.1 Å². The lowest BCUT2D eigenvalue weighted by Gasteiger charge is -2.17. The van der Waals surface area contributed by atoms with E-state index < -0.39 is 15.9 Å². The maximum atomic E-state index is 12.4. The summed E-state index contributed by atoms with van der Waals surface area (Å²) in [6.07, 6.45) is 0.